The van der Waals surface area contributed by atoms with E-state index in [0.29, 0.717) is 29.6 Å². The van der Waals surface area contributed by atoms with Gasteiger partial charge in [0.15, 0.2) is 0 Å². The van der Waals surface area contributed by atoms with Gasteiger partial charge in [-0.25, -0.2) is 0 Å². The van der Waals surface area contributed by atoms with E-state index in [1.165, 1.54) is 0 Å². The third kappa shape index (κ3) is 4.52. The summed E-state index contributed by atoms with van der Waals surface area (Å²) in [6.45, 7) is 0.757. The highest BCUT2D eigenvalue weighted by Gasteiger charge is 2.10. The van der Waals surface area contributed by atoms with E-state index in [0.717, 1.165) is 22.3 Å². The molecule has 0 spiro atoms. The first-order chi connectivity index (χ1) is 15.6. The zero-order valence-electron chi connectivity index (χ0n) is 17.5. The molecule has 6 heteroatoms. The van der Waals surface area contributed by atoms with Crippen LogP contribution in [0.4, 0.5) is 0 Å². The number of amides is 1. The molecule has 158 valence electrons. The van der Waals surface area contributed by atoms with Gasteiger partial charge in [0.25, 0.3) is 11.5 Å². The van der Waals surface area contributed by atoms with E-state index in [1.54, 1.807) is 48.2 Å². The fourth-order valence-corrected chi connectivity index (χ4v) is 3.45. The van der Waals surface area contributed by atoms with E-state index in [1.807, 2.05) is 42.5 Å². The van der Waals surface area contributed by atoms with Gasteiger partial charge >= 0.3 is 0 Å². The molecule has 0 fully saturated rings. The second-order valence-electron chi connectivity index (χ2n) is 7.39. The van der Waals surface area contributed by atoms with Crippen molar-refractivity contribution in [3.05, 3.63) is 112 Å². The van der Waals surface area contributed by atoms with Crippen LogP contribution >= 0.6 is 0 Å². The summed E-state index contributed by atoms with van der Waals surface area (Å²) < 4.78 is 6.74. The summed E-state index contributed by atoms with van der Waals surface area (Å²) in [6.07, 6.45) is 1.74. The summed E-state index contributed by atoms with van der Waals surface area (Å²) in [7, 11) is 1.61. The number of hydrogen-bond acceptors (Lipinski definition) is 4. The largest absolute Gasteiger partial charge is 0.497 e. The van der Waals surface area contributed by atoms with Crippen LogP contribution in [0, 0.1) is 11.3 Å². The van der Waals surface area contributed by atoms with Crippen LogP contribution in [0.25, 0.3) is 10.8 Å². The molecule has 32 heavy (non-hydrogen) atoms. The van der Waals surface area contributed by atoms with Gasteiger partial charge in [0.1, 0.15) is 5.75 Å². The molecule has 1 amide bonds. The maximum Gasteiger partial charge on any atom is 0.258 e. The Kier molecular flexibility index (Phi) is 6.00. The molecule has 0 bridgehead atoms. The molecule has 6 nitrogen and oxygen atoms in total. The summed E-state index contributed by atoms with van der Waals surface area (Å²) in [6, 6.07) is 23.7. The maximum absolute atomic E-state index is 13.0. The molecule has 1 N–H and O–H groups in total. The number of fused-ring (bicyclic) bond motifs is 1. The molecule has 0 saturated heterocycles. The zero-order chi connectivity index (χ0) is 22.5. The minimum Gasteiger partial charge on any atom is -0.497 e. The molecular formula is C26H21N3O3. The van der Waals surface area contributed by atoms with Gasteiger partial charge in [-0.1, -0.05) is 30.3 Å². The van der Waals surface area contributed by atoms with E-state index in [2.05, 4.69) is 11.4 Å². The second-order valence-corrected chi connectivity index (χ2v) is 7.39. The number of hydrogen-bond donors (Lipinski definition) is 1. The number of ether oxygens (including phenoxy) is 1. The number of benzene rings is 3. The van der Waals surface area contributed by atoms with Crippen LogP contribution in [-0.2, 0) is 13.1 Å². The number of rotatable bonds is 6. The van der Waals surface area contributed by atoms with E-state index in [9.17, 15) is 9.59 Å². The average molecular weight is 423 g/mol. The Bertz CT molecular complexity index is 1370. The monoisotopic (exact) mass is 423 g/mol. The summed E-state index contributed by atoms with van der Waals surface area (Å²) >= 11 is 0. The smallest absolute Gasteiger partial charge is 0.258 e. The van der Waals surface area contributed by atoms with Crippen molar-refractivity contribution in [3.63, 3.8) is 0 Å². The summed E-state index contributed by atoms with van der Waals surface area (Å²) in [5.41, 5.74) is 2.70. The first-order valence-corrected chi connectivity index (χ1v) is 10.1. The Balaban J connectivity index is 1.53. The standard InChI is InChI=1S/C26H21N3O3/c1-32-23-10-6-19(7-11-23)16-28-25(30)22-9-8-21-12-13-29(26(31)24(21)14-22)17-20-4-2-18(15-27)3-5-20/h2-14H,16-17H2,1H3,(H,28,30). The van der Waals surface area contributed by atoms with Crippen molar-refractivity contribution in [2.45, 2.75) is 13.1 Å². The van der Waals surface area contributed by atoms with E-state index >= 15 is 0 Å². The molecule has 0 aliphatic carbocycles. The molecule has 1 aromatic heterocycles. The molecule has 4 rings (SSSR count). The summed E-state index contributed by atoms with van der Waals surface area (Å²) in [5, 5.41) is 13.1. The average Bonchev–Trinajstić information content (AvgIpc) is 2.85. The predicted octanol–water partition coefficient (Wildman–Crippen LogP) is 3.86. The van der Waals surface area contributed by atoms with Crippen LogP contribution in [-0.4, -0.2) is 17.6 Å². The van der Waals surface area contributed by atoms with Crippen LogP contribution < -0.4 is 15.6 Å². The molecule has 4 aromatic rings. The highest BCUT2D eigenvalue weighted by atomic mass is 16.5. The van der Waals surface area contributed by atoms with E-state index in [4.69, 9.17) is 10.00 Å². The van der Waals surface area contributed by atoms with Gasteiger partial charge in [-0.15, -0.1) is 0 Å². The summed E-state index contributed by atoms with van der Waals surface area (Å²) in [4.78, 5) is 25.7. The molecule has 0 saturated carbocycles. The Morgan fingerprint density at radius 1 is 1.00 bits per heavy atom. The minimum absolute atomic E-state index is 0.170. The topological polar surface area (TPSA) is 84.1 Å². The number of nitrogens with zero attached hydrogens (tertiary/aromatic N) is 2. The van der Waals surface area contributed by atoms with Crippen LogP contribution in [0.15, 0.2) is 83.8 Å². The van der Waals surface area contributed by atoms with E-state index in [-0.39, 0.29) is 11.5 Å². The lowest BCUT2D eigenvalue weighted by Crippen LogP contribution is -2.24. The lowest BCUT2D eigenvalue weighted by atomic mass is 10.1. The molecule has 0 unspecified atom stereocenters. The molecule has 1 heterocycles. The molecule has 0 radical (unpaired) electrons. The van der Waals surface area contributed by atoms with Crippen molar-refractivity contribution in [2.75, 3.05) is 7.11 Å². The number of methoxy groups -OCH3 is 1. The van der Waals surface area contributed by atoms with Crippen molar-refractivity contribution in [3.8, 4) is 11.8 Å². The lowest BCUT2D eigenvalue weighted by Gasteiger charge is -2.10. The third-order valence-electron chi connectivity index (χ3n) is 5.29. The van der Waals surface area contributed by atoms with Gasteiger partial charge < -0.3 is 14.6 Å². The second kappa shape index (κ2) is 9.19. The third-order valence-corrected chi connectivity index (χ3v) is 5.29. The number of aromatic nitrogens is 1. The van der Waals surface area contributed by atoms with Gasteiger partial charge in [0, 0.05) is 23.7 Å². The predicted molar refractivity (Wildman–Crippen MR) is 123 cm³/mol. The SMILES string of the molecule is COc1ccc(CNC(=O)c2ccc3ccn(Cc4ccc(C#N)cc4)c(=O)c3c2)cc1. The van der Waals surface area contributed by atoms with Crippen LogP contribution in [0.5, 0.6) is 5.75 Å². The molecular weight excluding hydrogens is 402 g/mol. The normalized spacial score (nSPS) is 10.5. The van der Waals surface area contributed by atoms with Crippen LogP contribution in [0.1, 0.15) is 27.0 Å². The molecule has 0 aliphatic heterocycles. The van der Waals surface area contributed by atoms with Crippen LogP contribution in [0.3, 0.4) is 0 Å². The van der Waals surface area contributed by atoms with Crippen molar-refractivity contribution in [2.24, 2.45) is 0 Å². The fraction of sp³-hybridized carbons (Fsp3) is 0.115. The fourth-order valence-electron chi connectivity index (χ4n) is 3.45. The zero-order valence-corrected chi connectivity index (χ0v) is 17.5. The van der Waals surface area contributed by atoms with Crippen LogP contribution in [0.2, 0.25) is 0 Å². The molecule has 3 aromatic carbocycles. The molecule has 0 aliphatic rings. The van der Waals surface area contributed by atoms with E-state index < -0.39 is 0 Å². The Hall–Kier alpha value is -4.37. The van der Waals surface area contributed by atoms with Crippen molar-refractivity contribution < 1.29 is 9.53 Å². The van der Waals surface area contributed by atoms with Gasteiger partial charge in [-0.3, -0.25) is 9.59 Å². The van der Waals surface area contributed by atoms with Crippen molar-refractivity contribution in [1.82, 2.24) is 9.88 Å². The highest BCUT2D eigenvalue weighted by molar-refractivity contribution is 5.98. The number of nitriles is 1. The highest BCUT2D eigenvalue weighted by Crippen LogP contribution is 2.15. The Morgan fingerprint density at radius 3 is 2.41 bits per heavy atom. The maximum atomic E-state index is 13.0. The van der Waals surface area contributed by atoms with Crippen molar-refractivity contribution >= 4 is 16.7 Å². The van der Waals surface area contributed by atoms with Gasteiger partial charge in [-0.05, 0) is 59.0 Å². The number of nitrogens with one attached hydrogen (secondary N) is 1. The number of pyridine rings is 1. The quantitative estimate of drug-likeness (QED) is 0.510. The first kappa shape index (κ1) is 20.9. The first-order valence-electron chi connectivity index (χ1n) is 10.1. The lowest BCUT2D eigenvalue weighted by molar-refractivity contribution is 0.0951. The molecule has 0 atom stereocenters. The number of carbonyl (C=O) groups excluding carboxylic acids is 1. The van der Waals surface area contributed by atoms with Crippen molar-refractivity contribution in [1.29, 1.82) is 5.26 Å². The van der Waals surface area contributed by atoms with Gasteiger partial charge in [0.05, 0.1) is 25.3 Å². The minimum atomic E-state index is -0.246. The Labute approximate surface area is 185 Å². The van der Waals surface area contributed by atoms with Gasteiger partial charge in [-0.2, -0.15) is 5.26 Å². The number of carbonyl (C=O) groups is 1. The van der Waals surface area contributed by atoms with Gasteiger partial charge in [0.2, 0.25) is 0 Å². The summed E-state index contributed by atoms with van der Waals surface area (Å²) in [5.74, 6) is 0.511. The Morgan fingerprint density at radius 2 is 1.72 bits per heavy atom.